The summed E-state index contributed by atoms with van der Waals surface area (Å²) in [7, 11) is 1.60. The number of fused-ring (bicyclic) bond motifs is 1. The monoisotopic (exact) mass is 367 g/mol. The minimum atomic E-state index is -0.188. The molecule has 0 saturated carbocycles. The van der Waals surface area contributed by atoms with Gasteiger partial charge in [0.2, 0.25) is 0 Å². The summed E-state index contributed by atoms with van der Waals surface area (Å²) in [5.74, 6) is 1.11. The average molecular weight is 367 g/mol. The number of hydrogen-bond donors (Lipinski definition) is 3. The lowest BCUT2D eigenvalue weighted by molar-refractivity contribution is 0.0928. The molecule has 3 aromatic rings. The number of aromatic nitrogens is 4. The highest BCUT2D eigenvalue weighted by Crippen LogP contribution is 2.26. The Bertz CT molecular complexity index is 933. The Balaban J connectivity index is 1.34. The maximum Gasteiger partial charge on any atom is 0.272 e. The van der Waals surface area contributed by atoms with Gasteiger partial charge in [0.1, 0.15) is 12.3 Å². The molecule has 0 saturated heterocycles. The van der Waals surface area contributed by atoms with Gasteiger partial charge in [0, 0.05) is 11.7 Å². The van der Waals surface area contributed by atoms with Crippen LogP contribution in [-0.2, 0) is 19.4 Å². The summed E-state index contributed by atoms with van der Waals surface area (Å²) in [5.41, 5.74) is 3.40. The number of carbonyl (C=O) groups is 1. The van der Waals surface area contributed by atoms with Crippen LogP contribution in [0.15, 0.2) is 36.5 Å². The van der Waals surface area contributed by atoms with Gasteiger partial charge in [0.25, 0.3) is 5.91 Å². The van der Waals surface area contributed by atoms with E-state index in [9.17, 15) is 4.79 Å². The number of hydrogen-bond acceptors (Lipinski definition) is 5. The summed E-state index contributed by atoms with van der Waals surface area (Å²) in [4.78, 5) is 12.5. The molecule has 1 amide bonds. The molecule has 0 unspecified atom stereocenters. The van der Waals surface area contributed by atoms with Crippen molar-refractivity contribution in [1.29, 1.82) is 0 Å². The first-order chi connectivity index (χ1) is 13.2. The van der Waals surface area contributed by atoms with E-state index in [2.05, 4.69) is 25.7 Å². The highest BCUT2D eigenvalue weighted by molar-refractivity contribution is 5.92. The van der Waals surface area contributed by atoms with E-state index in [4.69, 9.17) is 9.47 Å². The number of benzene rings is 1. The molecule has 0 radical (unpaired) electrons. The van der Waals surface area contributed by atoms with Crippen LogP contribution in [0.2, 0.25) is 0 Å². The third-order valence-corrected chi connectivity index (χ3v) is 4.67. The molecule has 140 valence electrons. The second-order valence-corrected chi connectivity index (χ2v) is 6.50. The average Bonchev–Trinajstić information content (AvgIpc) is 3.35. The normalized spacial score (nSPS) is 15.8. The van der Waals surface area contributed by atoms with Crippen LogP contribution in [0.4, 0.5) is 0 Å². The fraction of sp³-hybridized carbons (Fsp3) is 0.316. The molecule has 1 atom stereocenters. The highest BCUT2D eigenvalue weighted by atomic mass is 16.5. The molecule has 1 aromatic carbocycles. The van der Waals surface area contributed by atoms with Crippen LogP contribution in [0.1, 0.15) is 33.9 Å². The Kier molecular flexibility index (Phi) is 4.78. The molecular weight excluding hydrogens is 346 g/mol. The molecule has 0 aliphatic heterocycles. The number of ether oxygens (including phenoxy) is 2. The molecule has 1 aliphatic rings. The van der Waals surface area contributed by atoms with Gasteiger partial charge in [-0.15, -0.1) is 0 Å². The number of methoxy groups -OCH3 is 1. The Morgan fingerprint density at radius 1 is 1.30 bits per heavy atom. The summed E-state index contributed by atoms with van der Waals surface area (Å²) < 4.78 is 11.0. The maximum absolute atomic E-state index is 12.5. The smallest absolute Gasteiger partial charge is 0.272 e. The zero-order valence-corrected chi connectivity index (χ0v) is 15.0. The molecule has 3 N–H and O–H groups in total. The highest BCUT2D eigenvalue weighted by Gasteiger charge is 2.23. The number of aryl methyl sites for hydroxylation is 1. The quantitative estimate of drug-likeness (QED) is 0.618. The summed E-state index contributed by atoms with van der Waals surface area (Å²) in [6.45, 7) is 0.266. The SMILES string of the molecule is COc1ccccc1OCc1cc(C(=O)N[C@@H]2CCc3[nH]ncc3C2)n[nH]1. The molecule has 4 rings (SSSR count). The van der Waals surface area contributed by atoms with Crippen molar-refractivity contribution in [1.82, 2.24) is 25.7 Å². The van der Waals surface area contributed by atoms with Crippen LogP contribution in [0.5, 0.6) is 11.5 Å². The number of para-hydroxylation sites is 2. The molecule has 8 nitrogen and oxygen atoms in total. The van der Waals surface area contributed by atoms with E-state index in [0.717, 1.165) is 25.0 Å². The van der Waals surface area contributed by atoms with Gasteiger partial charge in [-0.2, -0.15) is 10.2 Å². The largest absolute Gasteiger partial charge is 0.493 e. The molecule has 8 heteroatoms. The van der Waals surface area contributed by atoms with Crippen molar-refractivity contribution in [3.05, 3.63) is 59.2 Å². The molecule has 27 heavy (non-hydrogen) atoms. The van der Waals surface area contributed by atoms with Crippen molar-refractivity contribution in [3.63, 3.8) is 0 Å². The van der Waals surface area contributed by atoms with Gasteiger partial charge in [-0.3, -0.25) is 15.0 Å². The van der Waals surface area contributed by atoms with Crippen molar-refractivity contribution in [2.45, 2.75) is 31.9 Å². The van der Waals surface area contributed by atoms with Crippen molar-refractivity contribution < 1.29 is 14.3 Å². The number of rotatable bonds is 6. The van der Waals surface area contributed by atoms with E-state index < -0.39 is 0 Å². The Morgan fingerprint density at radius 2 is 2.15 bits per heavy atom. The van der Waals surface area contributed by atoms with E-state index in [-0.39, 0.29) is 18.6 Å². The van der Waals surface area contributed by atoms with Crippen LogP contribution in [0.3, 0.4) is 0 Å². The Labute approximate surface area is 156 Å². The van der Waals surface area contributed by atoms with Gasteiger partial charge in [-0.25, -0.2) is 0 Å². The lowest BCUT2D eigenvalue weighted by Crippen LogP contribution is -2.38. The predicted octanol–water partition coefficient (Wildman–Crippen LogP) is 2.01. The van der Waals surface area contributed by atoms with Gasteiger partial charge in [0.15, 0.2) is 11.5 Å². The van der Waals surface area contributed by atoms with Crippen LogP contribution in [0, 0.1) is 0 Å². The van der Waals surface area contributed by atoms with E-state index in [1.807, 2.05) is 30.5 Å². The lowest BCUT2D eigenvalue weighted by Gasteiger charge is -2.22. The third-order valence-electron chi connectivity index (χ3n) is 4.67. The number of nitrogens with zero attached hydrogens (tertiary/aromatic N) is 2. The molecule has 0 fully saturated rings. The van der Waals surface area contributed by atoms with E-state index in [0.29, 0.717) is 22.9 Å². The van der Waals surface area contributed by atoms with Crippen molar-refractivity contribution >= 4 is 5.91 Å². The van der Waals surface area contributed by atoms with E-state index in [1.165, 1.54) is 5.56 Å². The van der Waals surface area contributed by atoms with Crippen molar-refractivity contribution in [2.24, 2.45) is 0 Å². The Morgan fingerprint density at radius 3 is 3.00 bits per heavy atom. The fourth-order valence-corrected chi connectivity index (χ4v) is 3.24. The van der Waals surface area contributed by atoms with Gasteiger partial charge in [0.05, 0.1) is 19.0 Å². The lowest BCUT2D eigenvalue weighted by atomic mass is 9.93. The third kappa shape index (κ3) is 3.79. The first kappa shape index (κ1) is 17.1. The van der Waals surface area contributed by atoms with Gasteiger partial charge in [-0.05, 0) is 43.0 Å². The number of nitrogens with one attached hydrogen (secondary N) is 3. The number of amides is 1. The molecule has 2 aromatic heterocycles. The first-order valence-electron chi connectivity index (χ1n) is 8.85. The van der Waals surface area contributed by atoms with Crippen molar-refractivity contribution in [2.75, 3.05) is 7.11 Å². The predicted molar refractivity (Wildman–Crippen MR) is 97.8 cm³/mol. The van der Waals surface area contributed by atoms with Crippen molar-refractivity contribution in [3.8, 4) is 11.5 Å². The molecule has 2 heterocycles. The number of H-pyrrole nitrogens is 2. The van der Waals surface area contributed by atoms with Gasteiger partial charge in [-0.1, -0.05) is 12.1 Å². The van der Waals surface area contributed by atoms with Gasteiger partial charge < -0.3 is 14.8 Å². The van der Waals surface area contributed by atoms with Crippen LogP contribution >= 0.6 is 0 Å². The van der Waals surface area contributed by atoms with Crippen LogP contribution in [-0.4, -0.2) is 39.5 Å². The summed E-state index contributed by atoms with van der Waals surface area (Å²) in [6, 6.07) is 9.21. The fourth-order valence-electron chi connectivity index (χ4n) is 3.24. The van der Waals surface area contributed by atoms with Crippen LogP contribution in [0.25, 0.3) is 0 Å². The molecular formula is C19H21N5O3. The van der Waals surface area contributed by atoms with Gasteiger partial charge >= 0.3 is 0 Å². The van der Waals surface area contributed by atoms with E-state index in [1.54, 1.807) is 13.2 Å². The number of aromatic amines is 2. The second-order valence-electron chi connectivity index (χ2n) is 6.50. The Hall–Kier alpha value is -3.29. The molecule has 1 aliphatic carbocycles. The summed E-state index contributed by atoms with van der Waals surface area (Å²) >= 11 is 0. The minimum Gasteiger partial charge on any atom is -0.493 e. The minimum absolute atomic E-state index is 0.0904. The van der Waals surface area contributed by atoms with Crippen LogP contribution < -0.4 is 14.8 Å². The summed E-state index contributed by atoms with van der Waals surface area (Å²) in [5, 5.41) is 17.1. The molecule has 0 spiro atoms. The standard InChI is InChI=1S/C19H21N5O3/c1-26-17-4-2-3-5-18(17)27-11-14-9-16(24-22-14)19(25)21-13-6-7-15-12(8-13)10-20-23-15/h2-5,9-10,13H,6-8,11H2,1H3,(H,20,23)(H,21,25)(H,22,24)/t13-/m1/s1. The molecule has 0 bridgehead atoms. The zero-order chi connectivity index (χ0) is 18.6. The van der Waals surface area contributed by atoms with E-state index >= 15 is 0 Å². The topological polar surface area (TPSA) is 105 Å². The second kappa shape index (κ2) is 7.53. The number of carbonyl (C=O) groups excluding carboxylic acids is 1. The first-order valence-corrected chi connectivity index (χ1v) is 8.85. The maximum atomic E-state index is 12.5. The zero-order valence-electron chi connectivity index (χ0n) is 15.0. The summed E-state index contributed by atoms with van der Waals surface area (Å²) in [6.07, 6.45) is 4.38.